The molecule has 80 valence electrons. The molecule has 1 heterocycles. The van der Waals surface area contributed by atoms with Crippen molar-refractivity contribution in [2.24, 2.45) is 0 Å². The Bertz CT molecular complexity index is 353. The summed E-state index contributed by atoms with van der Waals surface area (Å²) in [6.45, 7) is 3.78. The normalized spacial score (nSPS) is 9.67. The summed E-state index contributed by atoms with van der Waals surface area (Å²) < 4.78 is 0. The maximum absolute atomic E-state index is 10.6. The standard InChI is InChI=1S/C9H10ClN3O2/c1-2-5-13(6-9(14)15)8-4-3-7(10)11-12-8/h2-4H,1,5-6H2,(H,14,15). The van der Waals surface area contributed by atoms with Crippen molar-refractivity contribution >= 4 is 23.4 Å². The van der Waals surface area contributed by atoms with Crippen LogP contribution in [-0.4, -0.2) is 34.4 Å². The van der Waals surface area contributed by atoms with Crippen molar-refractivity contribution in [1.82, 2.24) is 10.2 Å². The first-order chi connectivity index (χ1) is 7.13. The minimum atomic E-state index is -0.936. The molecule has 0 aromatic carbocycles. The first-order valence-corrected chi connectivity index (χ1v) is 4.58. The van der Waals surface area contributed by atoms with Crippen molar-refractivity contribution in [2.45, 2.75) is 0 Å². The van der Waals surface area contributed by atoms with Crippen LogP contribution in [0.1, 0.15) is 0 Å². The minimum Gasteiger partial charge on any atom is -0.480 e. The van der Waals surface area contributed by atoms with E-state index in [9.17, 15) is 4.79 Å². The number of hydrogen-bond acceptors (Lipinski definition) is 4. The molecule has 0 saturated carbocycles. The largest absolute Gasteiger partial charge is 0.480 e. The predicted octanol–water partition coefficient (Wildman–Crippen LogP) is 1.21. The van der Waals surface area contributed by atoms with Gasteiger partial charge in [-0.3, -0.25) is 4.79 Å². The van der Waals surface area contributed by atoms with Crippen molar-refractivity contribution < 1.29 is 9.90 Å². The van der Waals surface area contributed by atoms with Gasteiger partial charge >= 0.3 is 5.97 Å². The van der Waals surface area contributed by atoms with E-state index in [1.807, 2.05) is 0 Å². The third-order valence-corrected chi connectivity index (χ3v) is 1.82. The zero-order valence-corrected chi connectivity index (χ0v) is 8.68. The van der Waals surface area contributed by atoms with Crippen LogP contribution in [0.15, 0.2) is 24.8 Å². The maximum Gasteiger partial charge on any atom is 0.323 e. The summed E-state index contributed by atoms with van der Waals surface area (Å²) in [5, 5.41) is 16.4. The van der Waals surface area contributed by atoms with Gasteiger partial charge in [0.2, 0.25) is 0 Å². The van der Waals surface area contributed by atoms with Crippen LogP contribution in [0, 0.1) is 0 Å². The number of anilines is 1. The number of carbonyl (C=O) groups is 1. The van der Waals surface area contributed by atoms with Gasteiger partial charge in [-0.2, -0.15) is 0 Å². The first kappa shape index (κ1) is 11.5. The van der Waals surface area contributed by atoms with Crippen molar-refractivity contribution in [1.29, 1.82) is 0 Å². The highest BCUT2D eigenvalue weighted by molar-refractivity contribution is 6.29. The second kappa shape index (κ2) is 5.31. The molecule has 6 heteroatoms. The van der Waals surface area contributed by atoms with Gasteiger partial charge in [-0.15, -0.1) is 16.8 Å². The number of halogens is 1. The van der Waals surface area contributed by atoms with Crippen molar-refractivity contribution in [2.75, 3.05) is 18.0 Å². The number of carboxylic acid groups (broad SMARTS) is 1. The SMILES string of the molecule is C=CCN(CC(=O)O)c1ccc(Cl)nn1. The summed E-state index contributed by atoms with van der Waals surface area (Å²) in [5.74, 6) is -0.477. The van der Waals surface area contributed by atoms with E-state index in [0.717, 1.165) is 0 Å². The molecular weight excluding hydrogens is 218 g/mol. The second-order valence-electron chi connectivity index (χ2n) is 2.78. The van der Waals surface area contributed by atoms with E-state index in [0.29, 0.717) is 12.4 Å². The van der Waals surface area contributed by atoms with Gasteiger partial charge in [0.05, 0.1) is 0 Å². The summed E-state index contributed by atoms with van der Waals surface area (Å²) in [5.41, 5.74) is 0. The molecule has 0 aliphatic rings. The van der Waals surface area contributed by atoms with Crippen LogP contribution in [0.4, 0.5) is 5.82 Å². The Morgan fingerprint density at radius 1 is 1.60 bits per heavy atom. The smallest absolute Gasteiger partial charge is 0.323 e. The molecule has 15 heavy (non-hydrogen) atoms. The van der Waals surface area contributed by atoms with E-state index < -0.39 is 5.97 Å². The van der Waals surface area contributed by atoms with Crippen LogP contribution in [0.25, 0.3) is 0 Å². The molecule has 0 atom stereocenters. The van der Waals surface area contributed by atoms with Gasteiger partial charge in [-0.05, 0) is 12.1 Å². The molecule has 0 radical (unpaired) electrons. The van der Waals surface area contributed by atoms with E-state index in [-0.39, 0.29) is 11.7 Å². The topological polar surface area (TPSA) is 66.3 Å². The lowest BCUT2D eigenvalue weighted by Crippen LogP contribution is -2.30. The molecule has 1 aromatic rings. The molecule has 0 unspecified atom stereocenters. The Morgan fingerprint density at radius 2 is 2.33 bits per heavy atom. The van der Waals surface area contributed by atoms with E-state index in [4.69, 9.17) is 16.7 Å². The fourth-order valence-electron chi connectivity index (χ4n) is 1.04. The van der Waals surface area contributed by atoms with Gasteiger partial charge < -0.3 is 10.0 Å². The van der Waals surface area contributed by atoms with E-state index in [1.165, 1.54) is 4.90 Å². The lowest BCUT2D eigenvalue weighted by molar-refractivity contribution is -0.135. The summed E-state index contributed by atoms with van der Waals surface area (Å²) in [6, 6.07) is 3.17. The molecule has 0 aliphatic carbocycles. The number of nitrogens with zero attached hydrogens (tertiary/aromatic N) is 3. The molecule has 5 nitrogen and oxygen atoms in total. The summed E-state index contributed by atoms with van der Waals surface area (Å²) in [7, 11) is 0. The summed E-state index contributed by atoms with van der Waals surface area (Å²) in [6.07, 6.45) is 1.60. The monoisotopic (exact) mass is 227 g/mol. The van der Waals surface area contributed by atoms with Crippen molar-refractivity contribution in [3.8, 4) is 0 Å². The first-order valence-electron chi connectivity index (χ1n) is 4.20. The van der Waals surface area contributed by atoms with Crippen LogP contribution in [0.5, 0.6) is 0 Å². The predicted molar refractivity (Wildman–Crippen MR) is 57.1 cm³/mol. The molecule has 1 aromatic heterocycles. The van der Waals surface area contributed by atoms with E-state index in [2.05, 4.69) is 16.8 Å². The Kier molecular flexibility index (Phi) is 4.05. The van der Waals surface area contributed by atoms with Crippen LogP contribution in [0.2, 0.25) is 5.15 Å². The van der Waals surface area contributed by atoms with Crippen LogP contribution < -0.4 is 4.90 Å². The summed E-state index contributed by atoms with van der Waals surface area (Å²) >= 11 is 5.57. The average Bonchev–Trinajstić information content (AvgIpc) is 2.17. The van der Waals surface area contributed by atoms with Crippen molar-refractivity contribution in [3.05, 3.63) is 29.9 Å². The lowest BCUT2D eigenvalue weighted by atomic mass is 10.4. The van der Waals surface area contributed by atoms with Crippen LogP contribution in [-0.2, 0) is 4.79 Å². The molecule has 1 N–H and O–H groups in total. The third kappa shape index (κ3) is 3.55. The summed E-state index contributed by atoms with van der Waals surface area (Å²) in [4.78, 5) is 12.1. The van der Waals surface area contributed by atoms with Gasteiger partial charge in [-0.1, -0.05) is 17.7 Å². The van der Waals surface area contributed by atoms with Crippen LogP contribution in [0.3, 0.4) is 0 Å². The Morgan fingerprint density at radius 3 is 2.80 bits per heavy atom. The number of aromatic nitrogens is 2. The Hall–Kier alpha value is -1.62. The molecule has 0 saturated heterocycles. The Balaban J connectivity index is 2.83. The fourth-order valence-corrected chi connectivity index (χ4v) is 1.14. The number of hydrogen-bond donors (Lipinski definition) is 1. The number of carboxylic acids is 1. The second-order valence-corrected chi connectivity index (χ2v) is 3.16. The van der Waals surface area contributed by atoms with Crippen molar-refractivity contribution in [3.63, 3.8) is 0 Å². The van der Waals surface area contributed by atoms with Gasteiger partial charge in [0.1, 0.15) is 6.54 Å². The molecule has 0 bridgehead atoms. The van der Waals surface area contributed by atoms with Gasteiger partial charge in [0, 0.05) is 6.54 Å². The molecule has 0 fully saturated rings. The van der Waals surface area contributed by atoms with Crippen LogP contribution >= 0.6 is 11.6 Å². The quantitative estimate of drug-likeness (QED) is 0.766. The van der Waals surface area contributed by atoms with Gasteiger partial charge in [-0.25, -0.2) is 0 Å². The highest BCUT2D eigenvalue weighted by Gasteiger charge is 2.10. The highest BCUT2D eigenvalue weighted by Crippen LogP contribution is 2.11. The zero-order chi connectivity index (χ0) is 11.3. The highest BCUT2D eigenvalue weighted by atomic mass is 35.5. The maximum atomic E-state index is 10.6. The molecule has 0 spiro atoms. The molecule has 0 aliphatic heterocycles. The van der Waals surface area contributed by atoms with Gasteiger partial charge in [0.25, 0.3) is 0 Å². The lowest BCUT2D eigenvalue weighted by Gasteiger charge is -2.18. The molecular formula is C9H10ClN3O2. The Labute approximate surface area is 92.0 Å². The molecule has 0 amide bonds. The fraction of sp³-hybridized carbons (Fsp3) is 0.222. The van der Waals surface area contributed by atoms with E-state index >= 15 is 0 Å². The number of aliphatic carboxylic acids is 1. The average molecular weight is 228 g/mol. The van der Waals surface area contributed by atoms with E-state index in [1.54, 1.807) is 18.2 Å². The third-order valence-electron chi connectivity index (χ3n) is 1.62. The molecule has 1 rings (SSSR count). The minimum absolute atomic E-state index is 0.150. The number of rotatable bonds is 5. The van der Waals surface area contributed by atoms with Gasteiger partial charge in [0.15, 0.2) is 11.0 Å². The zero-order valence-electron chi connectivity index (χ0n) is 7.93.